The summed E-state index contributed by atoms with van der Waals surface area (Å²) in [5.41, 5.74) is 4.46. The first kappa shape index (κ1) is 27.6. The highest BCUT2D eigenvalue weighted by atomic mass is 32.2. The van der Waals surface area contributed by atoms with Crippen LogP contribution in [0.2, 0.25) is 0 Å². The van der Waals surface area contributed by atoms with Gasteiger partial charge in [-0.1, -0.05) is 36.0 Å². The lowest BCUT2D eigenvalue weighted by Crippen LogP contribution is -2.31. The van der Waals surface area contributed by atoms with E-state index < -0.39 is 11.8 Å². The number of nitrogens with zero attached hydrogens (tertiary/aromatic N) is 1. The van der Waals surface area contributed by atoms with Crippen LogP contribution in [0, 0.1) is 32.1 Å². The number of carbonyl (C=O) groups is 2. The van der Waals surface area contributed by atoms with Gasteiger partial charge in [0.2, 0.25) is 5.91 Å². The summed E-state index contributed by atoms with van der Waals surface area (Å²) < 4.78 is 11.3. The SMILES string of the molecule is COc1ccccc1NC(=O)C1=C(C)NC(SCC(=O)Nc2cc(C)ccc2C)=C(C#N)[C@@H]1c1ccc(C)o1. The van der Waals surface area contributed by atoms with E-state index in [4.69, 9.17) is 9.15 Å². The summed E-state index contributed by atoms with van der Waals surface area (Å²) in [6, 6.07) is 18.8. The maximum atomic E-state index is 13.6. The molecule has 1 atom stereocenters. The Morgan fingerprint density at radius 2 is 1.82 bits per heavy atom. The molecule has 1 aliphatic heterocycles. The van der Waals surface area contributed by atoms with E-state index in [9.17, 15) is 14.9 Å². The number of thioether (sulfide) groups is 1. The molecule has 0 spiro atoms. The van der Waals surface area contributed by atoms with Crippen LogP contribution in [-0.2, 0) is 9.59 Å². The number of nitrogens with one attached hydrogen (secondary N) is 3. The van der Waals surface area contributed by atoms with Gasteiger partial charge in [-0.05, 0) is 69.2 Å². The highest BCUT2D eigenvalue weighted by molar-refractivity contribution is 8.03. The Morgan fingerprint density at radius 3 is 2.51 bits per heavy atom. The van der Waals surface area contributed by atoms with Gasteiger partial charge in [0.1, 0.15) is 17.3 Å². The van der Waals surface area contributed by atoms with Crippen LogP contribution < -0.4 is 20.7 Å². The van der Waals surface area contributed by atoms with Crippen molar-refractivity contribution in [2.75, 3.05) is 23.5 Å². The van der Waals surface area contributed by atoms with Gasteiger partial charge in [-0.15, -0.1) is 0 Å². The number of allylic oxidation sites excluding steroid dienone is 2. The zero-order valence-electron chi connectivity index (χ0n) is 22.5. The average molecular weight is 543 g/mol. The van der Waals surface area contributed by atoms with Gasteiger partial charge in [-0.2, -0.15) is 5.26 Å². The summed E-state index contributed by atoms with van der Waals surface area (Å²) in [6.45, 7) is 7.47. The maximum Gasteiger partial charge on any atom is 0.254 e. The van der Waals surface area contributed by atoms with Crippen molar-refractivity contribution < 1.29 is 18.7 Å². The fourth-order valence-electron chi connectivity index (χ4n) is 4.35. The quantitative estimate of drug-likeness (QED) is 0.323. The highest BCUT2D eigenvalue weighted by Crippen LogP contribution is 2.42. The maximum absolute atomic E-state index is 13.6. The van der Waals surface area contributed by atoms with Gasteiger partial charge in [0.15, 0.2) is 0 Å². The number of benzene rings is 2. The molecular formula is C30H30N4O4S. The molecule has 4 rings (SSSR count). The molecule has 0 saturated heterocycles. The van der Waals surface area contributed by atoms with Gasteiger partial charge in [0.05, 0.1) is 46.7 Å². The number of rotatable bonds is 8. The summed E-state index contributed by atoms with van der Waals surface area (Å²) in [4.78, 5) is 26.4. The second kappa shape index (κ2) is 12.0. The second-order valence-corrected chi connectivity index (χ2v) is 10.2. The van der Waals surface area contributed by atoms with E-state index in [0.717, 1.165) is 16.8 Å². The van der Waals surface area contributed by atoms with Crippen LogP contribution >= 0.6 is 11.8 Å². The van der Waals surface area contributed by atoms with Gasteiger partial charge in [-0.25, -0.2) is 0 Å². The predicted octanol–water partition coefficient (Wildman–Crippen LogP) is 5.92. The molecule has 9 heteroatoms. The summed E-state index contributed by atoms with van der Waals surface area (Å²) in [5.74, 6) is 0.351. The number of anilines is 2. The van der Waals surface area contributed by atoms with Crippen molar-refractivity contribution in [2.45, 2.75) is 33.6 Å². The molecule has 0 bridgehead atoms. The first-order valence-electron chi connectivity index (χ1n) is 12.3. The van der Waals surface area contributed by atoms with Gasteiger partial charge in [0.25, 0.3) is 5.91 Å². The number of amides is 2. The topological polar surface area (TPSA) is 116 Å². The van der Waals surface area contributed by atoms with E-state index in [1.54, 1.807) is 44.2 Å². The van der Waals surface area contributed by atoms with Crippen molar-refractivity contribution in [3.8, 4) is 11.8 Å². The number of nitriles is 1. The summed E-state index contributed by atoms with van der Waals surface area (Å²) in [6.07, 6.45) is 0. The molecule has 8 nitrogen and oxygen atoms in total. The monoisotopic (exact) mass is 542 g/mol. The number of hydrogen-bond acceptors (Lipinski definition) is 7. The van der Waals surface area contributed by atoms with Crippen LogP contribution in [0.15, 0.2) is 80.9 Å². The summed E-state index contributed by atoms with van der Waals surface area (Å²) in [5, 5.41) is 19.8. The van der Waals surface area contributed by atoms with Crippen LogP contribution in [0.5, 0.6) is 5.75 Å². The molecule has 0 unspecified atom stereocenters. The summed E-state index contributed by atoms with van der Waals surface area (Å²) >= 11 is 1.21. The largest absolute Gasteiger partial charge is 0.495 e. The van der Waals surface area contributed by atoms with E-state index in [0.29, 0.717) is 44.8 Å². The van der Waals surface area contributed by atoms with Crippen LogP contribution in [0.1, 0.15) is 35.5 Å². The smallest absolute Gasteiger partial charge is 0.254 e. The van der Waals surface area contributed by atoms with E-state index in [1.165, 1.54) is 18.9 Å². The van der Waals surface area contributed by atoms with Crippen molar-refractivity contribution in [3.05, 3.63) is 99.1 Å². The first-order chi connectivity index (χ1) is 18.7. The van der Waals surface area contributed by atoms with E-state index in [2.05, 4.69) is 22.0 Å². The third kappa shape index (κ3) is 6.19. The van der Waals surface area contributed by atoms with E-state index >= 15 is 0 Å². The predicted molar refractivity (Wildman–Crippen MR) is 153 cm³/mol. The van der Waals surface area contributed by atoms with Crippen molar-refractivity contribution in [2.24, 2.45) is 0 Å². The minimum Gasteiger partial charge on any atom is -0.495 e. The molecular weight excluding hydrogens is 512 g/mol. The molecule has 1 aromatic heterocycles. The number of dihydropyridines is 1. The fraction of sp³-hybridized carbons (Fsp3) is 0.233. The average Bonchev–Trinajstić information content (AvgIpc) is 3.35. The first-order valence-corrected chi connectivity index (χ1v) is 13.3. The fourth-order valence-corrected chi connectivity index (χ4v) is 5.24. The zero-order valence-corrected chi connectivity index (χ0v) is 23.3. The molecule has 2 amide bonds. The Bertz CT molecular complexity index is 1530. The molecule has 39 heavy (non-hydrogen) atoms. The van der Waals surface area contributed by atoms with Crippen LogP contribution in [-0.4, -0.2) is 24.7 Å². The number of carbonyl (C=O) groups excluding carboxylic acids is 2. The summed E-state index contributed by atoms with van der Waals surface area (Å²) in [7, 11) is 1.53. The number of furan rings is 1. The number of ether oxygens (including phenoxy) is 1. The lowest BCUT2D eigenvalue weighted by molar-refractivity contribution is -0.114. The number of aryl methyl sites for hydroxylation is 3. The molecule has 1 aliphatic rings. The normalized spacial score (nSPS) is 14.9. The van der Waals surface area contributed by atoms with Crippen LogP contribution in [0.25, 0.3) is 0 Å². The van der Waals surface area contributed by atoms with E-state index in [1.807, 2.05) is 38.1 Å². The molecule has 2 heterocycles. The van der Waals surface area contributed by atoms with Crippen molar-refractivity contribution in [1.29, 1.82) is 5.26 Å². The highest BCUT2D eigenvalue weighted by Gasteiger charge is 2.37. The molecule has 0 radical (unpaired) electrons. The molecule has 0 fully saturated rings. The number of hydrogen-bond donors (Lipinski definition) is 3. The molecule has 3 aromatic rings. The lowest BCUT2D eigenvalue weighted by atomic mass is 9.85. The standard InChI is InChI=1S/C30H30N4O4S/c1-17-10-11-18(2)23(14-17)33-26(35)16-39-30-21(15-31)28(25-13-12-19(3)38-25)27(20(4)32-30)29(36)34-22-8-6-7-9-24(22)37-5/h6-14,28,32H,16H2,1-5H3,(H,33,35)(H,34,36)/t28-/m1/s1. The van der Waals surface area contributed by atoms with Crippen molar-refractivity contribution in [1.82, 2.24) is 5.32 Å². The Hall–Kier alpha value is -4.42. The van der Waals surface area contributed by atoms with Gasteiger partial charge in [-0.3, -0.25) is 9.59 Å². The third-order valence-corrected chi connectivity index (χ3v) is 7.32. The molecule has 3 N–H and O–H groups in total. The van der Waals surface area contributed by atoms with Crippen LogP contribution in [0.3, 0.4) is 0 Å². The Morgan fingerprint density at radius 1 is 1.05 bits per heavy atom. The zero-order chi connectivity index (χ0) is 28.1. The van der Waals surface area contributed by atoms with Crippen molar-refractivity contribution in [3.63, 3.8) is 0 Å². The minimum atomic E-state index is -0.760. The van der Waals surface area contributed by atoms with Gasteiger partial charge >= 0.3 is 0 Å². The molecule has 0 saturated carbocycles. The number of para-hydroxylation sites is 2. The Balaban J connectivity index is 1.62. The van der Waals surface area contributed by atoms with E-state index in [-0.39, 0.29) is 11.7 Å². The lowest BCUT2D eigenvalue weighted by Gasteiger charge is -2.28. The molecule has 200 valence electrons. The van der Waals surface area contributed by atoms with Crippen molar-refractivity contribution >= 4 is 35.0 Å². The van der Waals surface area contributed by atoms with Gasteiger partial charge in [0, 0.05) is 11.4 Å². The van der Waals surface area contributed by atoms with Crippen LogP contribution in [0.4, 0.5) is 11.4 Å². The molecule has 0 aliphatic carbocycles. The molecule has 2 aromatic carbocycles. The minimum absolute atomic E-state index is 0.0703. The Labute approximate surface area is 232 Å². The van der Waals surface area contributed by atoms with Gasteiger partial charge < -0.3 is 25.1 Å². The third-order valence-electron chi connectivity index (χ3n) is 6.31. The second-order valence-electron chi connectivity index (χ2n) is 9.21. The number of methoxy groups -OCH3 is 1. The Kier molecular flexibility index (Phi) is 8.47.